The zero-order chi connectivity index (χ0) is 10.3. The Hall–Kier alpha value is -0.770. The minimum absolute atomic E-state index is 0.231. The van der Waals surface area contributed by atoms with Gasteiger partial charge in [-0.3, -0.25) is 0 Å². The minimum atomic E-state index is -0.417. The molecule has 0 aromatic heterocycles. The van der Waals surface area contributed by atoms with E-state index in [1.807, 2.05) is 0 Å². The second kappa shape index (κ2) is 6.71. The van der Waals surface area contributed by atoms with Crippen molar-refractivity contribution in [3.63, 3.8) is 0 Å². The van der Waals surface area contributed by atoms with Crippen LogP contribution in [0.15, 0.2) is 0 Å². The predicted octanol–water partition coefficient (Wildman–Crippen LogP) is 1.04. The van der Waals surface area contributed by atoms with Gasteiger partial charge < -0.3 is 16.1 Å². The van der Waals surface area contributed by atoms with E-state index in [1.165, 1.54) is 46.0 Å². The number of nitrogens with zero attached hydrogens (tertiary/aromatic N) is 1. The molecule has 0 radical (unpaired) electrons. The molecule has 0 aliphatic heterocycles. The largest absolute Gasteiger partial charge is 0.612 e. The van der Waals surface area contributed by atoms with Crippen molar-refractivity contribution in [1.82, 2.24) is 0 Å². The molecule has 78 valence electrons. The molecule has 0 aromatic carbocycles. The molecule has 1 rings (SSSR count). The molecule has 0 spiro atoms. The Balaban J connectivity index is 0.000000226. The fourth-order valence-electron chi connectivity index (χ4n) is 1.19. The van der Waals surface area contributed by atoms with Gasteiger partial charge in [-0.2, -0.15) is 4.90 Å². The lowest BCUT2D eigenvalue weighted by atomic mass is 9.97. The van der Waals surface area contributed by atoms with E-state index in [9.17, 15) is 10.4 Å². The van der Waals surface area contributed by atoms with Gasteiger partial charge in [0.05, 0.1) is 6.04 Å². The van der Waals surface area contributed by atoms with Gasteiger partial charge in [-0.05, 0) is 25.7 Å². The second-order valence-corrected chi connectivity index (χ2v) is 3.71. The van der Waals surface area contributed by atoms with E-state index in [2.05, 4.69) is 5.73 Å². The molecule has 0 amide bonds. The van der Waals surface area contributed by atoms with E-state index in [0.29, 0.717) is 0 Å². The molecule has 4 heteroatoms. The summed E-state index contributed by atoms with van der Waals surface area (Å²) in [6.07, 6.45) is 7.05. The smallest absolute Gasteiger partial charge is 0.169 e. The Morgan fingerprint density at radius 1 is 1.15 bits per heavy atom. The van der Waals surface area contributed by atoms with Gasteiger partial charge in [0.1, 0.15) is 0 Å². The molecule has 0 bridgehead atoms. The van der Waals surface area contributed by atoms with Crippen LogP contribution in [0.1, 0.15) is 46.0 Å². The quantitative estimate of drug-likeness (QED) is 0.350. The number of hydrogen-bond donors (Lipinski definition) is 1. The molecule has 0 aromatic rings. The zero-order valence-corrected chi connectivity index (χ0v) is 8.58. The van der Waals surface area contributed by atoms with Gasteiger partial charge in [0, 0.05) is 13.8 Å². The average Bonchev–Trinajstić information content (AvgIpc) is 2.06. The lowest BCUT2D eigenvalue weighted by molar-refractivity contribution is -0.425. The lowest BCUT2D eigenvalue weighted by Gasteiger charge is -2.12. The van der Waals surface area contributed by atoms with Gasteiger partial charge in [0.25, 0.3) is 0 Å². The molecule has 0 heterocycles. The van der Waals surface area contributed by atoms with Gasteiger partial charge in [0.2, 0.25) is 0 Å². The molecule has 1 fully saturated rings. The van der Waals surface area contributed by atoms with Crippen molar-refractivity contribution in [3.05, 3.63) is 10.4 Å². The van der Waals surface area contributed by atoms with Gasteiger partial charge in [0.15, 0.2) is 5.71 Å². The molecule has 1 aliphatic rings. The van der Waals surface area contributed by atoms with Crippen molar-refractivity contribution in [1.29, 1.82) is 0 Å². The number of hydrogen-bond acceptors (Lipinski definition) is 2. The van der Waals surface area contributed by atoms with Crippen molar-refractivity contribution < 1.29 is 10.6 Å². The highest BCUT2D eigenvalue weighted by Crippen LogP contribution is 2.13. The molecule has 4 nitrogen and oxygen atoms in total. The maximum absolute atomic E-state index is 9.47. The topological polar surface area (TPSA) is 76.8 Å². The van der Waals surface area contributed by atoms with Gasteiger partial charge in [-0.25, -0.2) is 0 Å². The first-order chi connectivity index (χ1) is 6.04. The number of rotatable bonds is 0. The van der Waals surface area contributed by atoms with Crippen LogP contribution in [-0.4, -0.2) is 16.7 Å². The molecular weight excluding hydrogens is 168 g/mol. The van der Waals surface area contributed by atoms with E-state index >= 15 is 0 Å². The first kappa shape index (κ1) is 12.2. The molecule has 3 N–H and O–H groups in total. The molecule has 1 saturated carbocycles. The van der Waals surface area contributed by atoms with E-state index in [0.717, 1.165) is 6.04 Å². The van der Waals surface area contributed by atoms with Crippen LogP contribution in [0.3, 0.4) is 0 Å². The third kappa shape index (κ3) is 7.59. The van der Waals surface area contributed by atoms with E-state index in [1.54, 1.807) is 0 Å². The third-order valence-corrected chi connectivity index (χ3v) is 2.09. The Morgan fingerprint density at radius 3 is 1.69 bits per heavy atom. The van der Waals surface area contributed by atoms with Gasteiger partial charge in [-0.1, -0.05) is 6.42 Å². The summed E-state index contributed by atoms with van der Waals surface area (Å²) in [5.74, 6) is 0. The van der Waals surface area contributed by atoms with Crippen LogP contribution in [0.4, 0.5) is 0 Å². The highest BCUT2D eigenvalue weighted by atomic mass is 16.8. The fourth-order valence-corrected chi connectivity index (χ4v) is 1.19. The molecule has 0 saturated heterocycles. The van der Waals surface area contributed by atoms with Crippen LogP contribution in [0.2, 0.25) is 0 Å². The van der Waals surface area contributed by atoms with Crippen LogP contribution < -0.4 is 5.73 Å². The fraction of sp³-hybridized carbons (Fsp3) is 0.889. The minimum Gasteiger partial charge on any atom is -0.612 e. The molecule has 13 heavy (non-hydrogen) atoms. The molecule has 1 aliphatic carbocycles. The zero-order valence-electron chi connectivity index (χ0n) is 8.58. The monoisotopic (exact) mass is 188 g/mol. The van der Waals surface area contributed by atoms with Crippen molar-refractivity contribution in [3.8, 4) is 0 Å². The molecule has 0 unspecified atom stereocenters. The summed E-state index contributed by atoms with van der Waals surface area (Å²) in [5, 5.41) is 18.9. The summed E-state index contributed by atoms with van der Waals surface area (Å²) in [6.45, 7) is 2.92. The summed E-state index contributed by atoms with van der Waals surface area (Å²) in [5.41, 5.74) is 4.23. The number of quaternary nitrogens is 1. The molecular formula is C9H20N2O2. The summed E-state index contributed by atoms with van der Waals surface area (Å²) in [4.78, 5) is -0.417. The Labute approximate surface area is 79.6 Å². The van der Waals surface area contributed by atoms with Crippen LogP contribution in [-0.2, 0) is 0 Å². The first-order valence-corrected chi connectivity index (χ1v) is 4.81. The third-order valence-electron chi connectivity index (χ3n) is 2.09. The Kier molecular flexibility index (Phi) is 6.32. The van der Waals surface area contributed by atoms with E-state index < -0.39 is 4.90 Å². The standard InChI is InChI=1S/C6H13N.C3H6NO2/c7-6-4-2-1-3-5-6;1-3(2)4(5)6/h6H,1-5,7H2;1-2H3/q;-1/p+1. The van der Waals surface area contributed by atoms with Crippen molar-refractivity contribution in [2.24, 2.45) is 0 Å². The van der Waals surface area contributed by atoms with Gasteiger partial charge in [-0.15, -0.1) is 0 Å². The summed E-state index contributed by atoms with van der Waals surface area (Å²) >= 11 is 0. The van der Waals surface area contributed by atoms with E-state index in [4.69, 9.17) is 0 Å². The second-order valence-electron chi connectivity index (χ2n) is 3.71. The normalized spacial score (nSPS) is 17.2. The predicted molar refractivity (Wildman–Crippen MR) is 53.1 cm³/mol. The average molecular weight is 188 g/mol. The van der Waals surface area contributed by atoms with Crippen LogP contribution >= 0.6 is 0 Å². The lowest BCUT2D eigenvalue weighted by Crippen LogP contribution is -2.61. The summed E-state index contributed by atoms with van der Waals surface area (Å²) < 4.78 is 0. The van der Waals surface area contributed by atoms with E-state index in [-0.39, 0.29) is 5.71 Å². The Bertz CT molecular complexity index is 145. The SMILES string of the molecule is CC(C)=[N+]([O-])[O-].[NH3+]C1CCCCC1. The van der Waals surface area contributed by atoms with Crippen LogP contribution in [0.25, 0.3) is 0 Å². The maximum atomic E-state index is 9.47. The van der Waals surface area contributed by atoms with Crippen LogP contribution in [0.5, 0.6) is 0 Å². The Morgan fingerprint density at radius 2 is 1.54 bits per heavy atom. The highest BCUT2D eigenvalue weighted by Gasteiger charge is 2.09. The van der Waals surface area contributed by atoms with Crippen molar-refractivity contribution in [2.75, 3.05) is 0 Å². The first-order valence-electron chi connectivity index (χ1n) is 4.81. The summed E-state index contributed by atoms with van der Waals surface area (Å²) in [7, 11) is 0. The van der Waals surface area contributed by atoms with Gasteiger partial charge >= 0.3 is 0 Å². The van der Waals surface area contributed by atoms with Crippen LogP contribution in [0, 0.1) is 10.4 Å². The van der Waals surface area contributed by atoms with Crippen molar-refractivity contribution in [2.45, 2.75) is 52.0 Å². The maximum Gasteiger partial charge on any atom is 0.169 e. The molecule has 0 atom stereocenters. The van der Waals surface area contributed by atoms with Crippen molar-refractivity contribution >= 4 is 5.71 Å². The summed E-state index contributed by atoms with van der Waals surface area (Å²) in [6, 6.07) is 0.786. The highest BCUT2D eigenvalue weighted by molar-refractivity contribution is 5.73.